The molecule has 188 valence electrons. The minimum Gasteiger partial charge on any atom is -0.481 e. The van der Waals surface area contributed by atoms with Crippen molar-refractivity contribution in [1.29, 1.82) is 0 Å². The second kappa shape index (κ2) is 14.0. The van der Waals surface area contributed by atoms with E-state index in [4.69, 9.17) is 15.9 Å². The molecule has 0 aliphatic rings. The van der Waals surface area contributed by atoms with Gasteiger partial charge in [-0.15, -0.1) is 0 Å². The van der Waals surface area contributed by atoms with Crippen molar-refractivity contribution in [1.82, 2.24) is 16.0 Å². The molecule has 0 spiro atoms. The molecule has 0 aromatic rings. The predicted molar refractivity (Wildman–Crippen MR) is 112 cm³/mol. The molecular weight excluding hydrogens is 444 g/mol. The van der Waals surface area contributed by atoms with Gasteiger partial charge in [0.1, 0.15) is 18.1 Å². The lowest BCUT2D eigenvalue weighted by Crippen LogP contribution is -2.60. The van der Waals surface area contributed by atoms with Gasteiger partial charge in [0, 0.05) is 6.42 Å². The van der Waals surface area contributed by atoms with E-state index in [-0.39, 0.29) is 6.42 Å². The third-order valence-corrected chi connectivity index (χ3v) is 4.86. The lowest BCUT2D eigenvalue weighted by atomic mass is 9.98. The molecule has 0 radical (unpaired) electrons. The predicted octanol–water partition coefficient (Wildman–Crippen LogP) is -2.38. The maximum atomic E-state index is 12.6. The van der Waals surface area contributed by atoms with Crippen molar-refractivity contribution in [2.45, 2.75) is 76.7 Å². The van der Waals surface area contributed by atoms with Crippen LogP contribution in [0.4, 0.5) is 0 Å². The SMILES string of the molecule is CCC(C)C(NC(=O)C(CC(=O)O)NC(=O)C(NC(=O)C(N)CCC(=O)O)C(C)O)C(=O)O. The van der Waals surface area contributed by atoms with E-state index >= 15 is 0 Å². The summed E-state index contributed by atoms with van der Waals surface area (Å²) in [4.78, 5) is 70.5. The zero-order chi connectivity index (χ0) is 25.9. The van der Waals surface area contributed by atoms with Crippen molar-refractivity contribution in [3.05, 3.63) is 0 Å². The molecule has 3 amide bonds. The molecule has 0 fully saturated rings. The number of nitrogens with one attached hydrogen (secondary N) is 3. The Bertz CT molecular complexity index is 742. The van der Waals surface area contributed by atoms with Gasteiger partial charge in [0.2, 0.25) is 17.7 Å². The smallest absolute Gasteiger partial charge is 0.326 e. The molecule has 0 aromatic heterocycles. The van der Waals surface area contributed by atoms with E-state index < -0.39 is 84.7 Å². The van der Waals surface area contributed by atoms with Gasteiger partial charge in [-0.1, -0.05) is 20.3 Å². The molecule has 0 heterocycles. The number of carbonyl (C=O) groups excluding carboxylic acids is 3. The summed E-state index contributed by atoms with van der Waals surface area (Å²) in [6.07, 6.45) is -2.66. The fourth-order valence-corrected chi connectivity index (χ4v) is 2.66. The molecule has 6 atom stereocenters. The second-order valence-corrected chi connectivity index (χ2v) is 7.63. The van der Waals surface area contributed by atoms with Crippen LogP contribution < -0.4 is 21.7 Å². The number of carboxylic acid groups (broad SMARTS) is 3. The molecule has 0 rings (SSSR count). The fraction of sp³-hybridized carbons (Fsp3) is 0.684. The summed E-state index contributed by atoms with van der Waals surface area (Å²) < 4.78 is 0. The highest BCUT2D eigenvalue weighted by Crippen LogP contribution is 2.09. The molecule has 0 saturated heterocycles. The Balaban J connectivity index is 5.46. The number of hydrogen-bond acceptors (Lipinski definition) is 8. The highest BCUT2D eigenvalue weighted by molar-refractivity contribution is 5.95. The molecule has 0 saturated carbocycles. The molecule has 0 bridgehead atoms. The Hall–Kier alpha value is -3.26. The highest BCUT2D eigenvalue weighted by atomic mass is 16.4. The van der Waals surface area contributed by atoms with E-state index in [9.17, 15) is 39.0 Å². The Kier molecular flexibility index (Phi) is 12.6. The van der Waals surface area contributed by atoms with Gasteiger partial charge in [-0.25, -0.2) is 4.79 Å². The Morgan fingerprint density at radius 2 is 1.36 bits per heavy atom. The minimum absolute atomic E-state index is 0.244. The van der Waals surface area contributed by atoms with Gasteiger partial charge < -0.3 is 42.1 Å². The van der Waals surface area contributed by atoms with Crippen LogP contribution in [0.15, 0.2) is 0 Å². The van der Waals surface area contributed by atoms with Gasteiger partial charge in [-0.2, -0.15) is 0 Å². The normalized spacial score (nSPS) is 16.3. The van der Waals surface area contributed by atoms with E-state index in [0.29, 0.717) is 6.42 Å². The maximum absolute atomic E-state index is 12.6. The van der Waals surface area contributed by atoms with Crippen LogP contribution >= 0.6 is 0 Å². The van der Waals surface area contributed by atoms with Crippen molar-refractivity contribution in [2.75, 3.05) is 0 Å². The molecule has 0 aliphatic heterocycles. The van der Waals surface area contributed by atoms with Gasteiger partial charge in [-0.05, 0) is 19.3 Å². The molecule has 33 heavy (non-hydrogen) atoms. The molecule has 14 heteroatoms. The minimum atomic E-state index is -1.71. The van der Waals surface area contributed by atoms with Crippen molar-refractivity contribution in [3.8, 4) is 0 Å². The van der Waals surface area contributed by atoms with Gasteiger partial charge >= 0.3 is 17.9 Å². The number of amides is 3. The lowest BCUT2D eigenvalue weighted by molar-refractivity contribution is -0.145. The van der Waals surface area contributed by atoms with Gasteiger partial charge in [0.05, 0.1) is 18.6 Å². The number of aliphatic carboxylic acids is 3. The van der Waals surface area contributed by atoms with Crippen LogP contribution in [0, 0.1) is 5.92 Å². The molecule has 14 nitrogen and oxygen atoms in total. The number of hydrogen-bond donors (Lipinski definition) is 8. The molecule has 6 unspecified atom stereocenters. The van der Waals surface area contributed by atoms with E-state index in [0.717, 1.165) is 6.92 Å². The summed E-state index contributed by atoms with van der Waals surface area (Å²) in [6, 6.07) is -6.00. The first-order chi connectivity index (χ1) is 15.2. The van der Waals surface area contributed by atoms with E-state index in [1.165, 1.54) is 0 Å². The number of carboxylic acids is 3. The van der Waals surface area contributed by atoms with Crippen molar-refractivity contribution < 1.29 is 49.2 Å². The average molecular weight is 476 g/mol. The zero-order valence-corrected chi connectivity index (χ0v) is 18.6. The first kappa shape index (κ1) is 29.7. The third-order valence-electron chi connectivity index (χ3n) is 4.86. The Labute approximate surface area is 189 Å². The van der Waals surface area contributed by atoms with Crippen LogP contribution in [0.2, 0.25) is 0 Å². The molecule has 0 aromatic carbocycles. The third kappa shape index (κ3) is 10.7. The maximum Gasteiger partial charge on any atom is 0.326 e. The van der Waals surface area contributed by atoms with Crippen LogP contribution in [-0.2, 0) is 28.8 Å². The molecule has 9 N–H and O–H groups in total. The van der Waals surface area contributed by atoms with E-state index in [2.05, 4.69) is 16.0 Å². The average Bonchev–Trinajstić information content (AvgIpc) is 2.71. The monoisotopic (exact) mass is 476 g/mol. The van der Waals surface area contributed by atoms with Crippen molar-refractivity contribution in [2.24, 2.45) is 11.7 Å². The summed E-state index contributed by atoms with van der Waals surface area (Å²) in [6.45, 7) is 4.40. The quantitative estimate of drug-likeness (QED) is 0.124. The number of carbonyl (C=O) groups is 6. The van der Waals surface area contributed by atoms with Crippen LogP contribution in [0.25, 0.3) is 0 Å². The molecular formula is C19H32N4O10. The zero-order valence-electron chi connectivity index (χ0n) is 18.6. The topological polar surface area (TPSA) is 245 Å². The van der Waals surface area contributed by atoms with Crippen LogP contribution in [0.1, 0.15) is 46.5 Å². The second-order valence-electron chi connectivity index (χ2n) is 7.63. The summed E-state index contributed by atoms with van der Waals surface area (Å²) in [5, 5.41) is 43.3. The first-order valence-corrected chi connectivity index (χ1v) is 10.2. The van der Waals surface area contributed by atoms with Crippen molar-refractivity contribution >= 4 is 35.6 Å². The van der Waals surface area contributed by atoms with Crippen LogP contribution in [0.3, 0.4) is 0 Å². The number of nitrogens with two attached hydrogens (primary N) is 1. The van der Waals surface area contributed by atoms with Gasteiger partial charge in [-0.3, -0.25) is 24.0 Å². The van der Waals surface area contributed by atoms with Gasteiger partial charge in [0.25, 0.3) is 0 Å². The Morgan fingerprint density at radius 3 is 1.79 bits per heavy atom. The first-order valence-electron chi connectivity index (χ1n) is 10.2. The molecule has 0 aliphatic carbocycles. The summed E-state index contributed by atoms with van der Waals surface area (Å²) in [5.74, 6) is -7.65. The fourth-order valence-electron chi connectivity index (χ4n) is 2.66. The summed E-state index contributed by atoms with van der Waals surface area (Å²) in [7, 11) is 0. The van der Waals surface area contributed by atoms with Gasteiger partial charge in [0.15, 0.2) is 0 Å². The highest BCUT2D eigenvalue weighted by Gasteiger charge is 2.34. The van der Waals surface area contributed by atoms with E-state index in [1.807, 2.05) is 0 Å². The standard InChI is InChI=1S/C19H32N4O10/c1-4-8(2)14(19(32)33)22-17(30)11(7-13(27)28)21-18(31)15(9(3)24)23-16(29)10(20)5-6-12(25)26/h8-11,14-15,24H,4-7,20H2,1-3H3,(H,21,31)(H,22,30)(H,23,29)(H,25,26)(H,27,28)(H,32,33). The lowest BCUT2D eigenvalue weighted by Gasteiger charge is -2.26. The van der Waals surface area contributed by atoms with Crippen LogP contribution in [0.5, 0.6) is 0 Å². The van der Waals surface area contributed by atoms with Crippen molar-refractivity contribution in [3.63, 3.8) is 0 Å². The van der Waals surface area contributed by atoms with E-state index in [1.54, 1.807) is 13.8 Å². The van der Waals surface area contributed by atoms with Crippen LogP contribution in [-0.4, -0.2) is 86.3 Å². The summed E-state index contributed by atoms with van der Waals surface area (Å²) >= 11 is 0. The summed E-state index contributed by atoms with van der Waals surface area (Å²) in [5.41, 5.74) is 5.57. The Morgan fingerprint density at radius 1 is 0.818 bits per heavy atom. The largest absolute Gasteiger partial charge is 0.481 e. The number of aliphatic hydroxyl groups excluding tert-OH is 1. The number of aliphatic hydroxyl groups is 1. The number of rotatable bonds is 15.